The number of unbranched alkanes of at least 4 members (excludes halogenated alkanes) is 9. The van der Waals surface area contributed by atoms with Crippen LogP contribution in [0.3, 0.4) is 0 Å². The van der Waals surface area contributed by atoms with Crippen LogP contribution < -0.4 is 0 Å². The standard InChI is InChI=1S/C16H28Te/c1-2-3-4-5-6-7-8-9-10-11-12-16-13-14-17-15-16/h13-15H,2-12H2,1H3. The van der Waals surface area contributed by atoms with Crippen molar-refractivity contribution in [1.29, 1.82) is 0 Å². The molecule has 0 aliphatic carbocycles. The molecule has 0 aliphatic rings. The molecule has 0 radical (unpaired) electrons. The molecule has 1 heterocycles. The summed E-state index contributed by atoms with van der Waals surface area (Å²) in [4.78, 5) is 0. The number of hydrogen-bond acceptors (Lipinski definition) is 0. The van der Waals surface area contributed by atoms with Crippen LogP contribution in [-0.2, 0) is 6.42 Å². The predicted octanol–water partition coefficient (Wildman–Crippen LogP) is 5.21. The molecule has 1 heteroatoms. The fourth-order valence-electron chi connectivity index (χ4n) is 2.25. The molecule has 0 amide bonds. The van der Waals surface area contributed by atoms with Crippen LogP contribution in [0.25, 0.3) is 0 Å². The Morgan fingerprint density at radius 2 is 1.41 bits per heavy atom. The Morgan fingerprint density at radius 3 is 1.94 bits per heavy atom. The molecule has 1 aromatic heterocycles. The monoisotopic (exact) mass is 350 g/mol. The Balaban J connectivity index is 1.76. The molecule has 0 saturated heterocycles. The summed E-state index contributed by atoms with van der Waals surface area (Å²) in [5.41, 5.74) is 1.63. The van der Waals surface area contributed by atoms with Gasteiger partial charge in [0, 0.05) is 0 Å². The van der Waals surface area contributed by atoms with Gasteiger partial charge in [-0.05, 0) is 0 Å². The molecule has 0 unspecified atom stereocenters. The van der Waals surface area contributed by atoms with Crippen LogP contribution in [0.1, 0.15) is 76.7 Å². The van der Waals surface area contributed by atoms with Gasteiger partial charge in [0.25, 0.3) is 0 Å². The van der Waals surface area contributed by atoms with E-state index in [9.17, 15) is 0 Å². The zero-order valence-corrected chi connectivity index (χ0v) is 13.7. The number of hydrogen-bond donors (Lipinski definition) is 0. The number of aryl methyl sites for hydroxylation is 1. The summed E-state index contributed by atoms with van der Waals surface area (Å²) < 4.78 is 4.90. The average Bonchev–Trinajstić information content (AvgIpc) is 2.85. The molecule has 0 N–H and O–H groups in total. The van der Waals surface area contributed by atoms with Gasteiger partial charge >= 0.3 is 104 Å². The summed E-state index contributed by atoms with van der Waals surface area (Å²) in [7, 11) is 0. The summed E-state index contributed by atoms with van der Waals surface area (Å²) in [6, 6.07) is 2.36. The minimum atomic E-state index is 0.164. The van der Waals surface area contributed by atoms with E-state index < -0.39 is 0 Å². The van der Waals surface area contributed by atoms with Gasteiger partial charge < -0.3 is 0 Å². The number of rotatable bonds is 11. The summed E-state index contributed by atoms with van der Waals surface area (Å²) >= 11 is 0.164. The van der Waals surface area contributed by atoms with Crippen LogP contribution in [-0.4, -0.2) is 20.4 Å². The average molecular weight is 348 g/mol. The van der Waals surface area contributed by atoms with Crippen molar-refractivity contribution >= 4 is 20.4 Å². The molecule has 0 aromatic carbocycles. The van der Waals surface area contributed by atoms with Gasteiger partial charge in [-0.2, -0.15) is 0 Å². The van der Waals surface area contributed by atoms with Crippen molar-refractivity contribution < 1.29 is 0 Å². The van der Waals surface area contributed by atoms with Crippen molar-refractivity contribution in [1.82, 2.24) is 0 Å². The predicted molar refractivity (Wildman–Crippen MR) is 78.9 cm³/mol. The normalized spacial score (nSPS) is 10.9. The van der Waals surface area contributed by atoms with Gasteiger partial charge in [-0.1, -0.05) is 13.3 Å². The second-order valence-corrected chi connectivity index (χ2v) is 7.29. The van der Waals surface area contributed by atoms with Crippen LogP contribution in [0, 0.1) is 0 Å². The zero-order chi connectivity index (χ0) is 12.2. The molecule has 0 saturated carbocycles. The van der Waals surface area contributed by atoms with Crippen molar-refractivity contribution in [3.63, 3.8) is 0 Å². The zero-order valence-electron chi connectivity index (χ0n) is 11.4. The van der Waals surface area contributed by atoms with Gasteiger partial charge in [0.05, 0.1) is 0 Å². The van der Waals surface area contributed by atoms with E-state index in [1.165, 1.54) is 70.6 Å². The first-order valence-corrected chi connectivity index (χ1v) is 10.1. The van der Waals surface area contributed by atoms with E-state index in [1.807, 2.05) is 0 Å². The van der Waals surface area contributed by atoms with Crippen molar-refractivity contribution in [3.05, 3.63) is 19.8 Å². The first-order chi connectivity index (χ1) is 8.43. The third-order valence-electron chi connectivity index (χ3n) is 3.40. The molecular weight excluding hydrogens is 320 g/mol. The molecule has 98 valence electrons. The van der Waals surface area contributed by atoms with Gasteiger partial charge in [0.2, 0.25) is 0 Å². The van der Waals surface area contributed by atoms with E-state index in [4.69, 9.17) is 0 Å². The summed E-state index contributed by atoms with van der Waals surface area (Å²) in [6.07, 6.45) is 15.8. The summed E-state index contributed by atoms with van der Waals surface area (Å²) in [5, 5.41) is 0. The van der Waals surface area contributed by atoms with E-state index in [0.29, 0.717) is 0 Å². The van der Waals surface area contributed by atoms with Crippen molar-refractivity contribution in [3.8, 4) is 0 Å². The van der Waals surface area contributed by atoms with Gasteiger partial charge in [-0.3, -0.25) is 0 Å². The van der Waals surface area contributed by atoms with E-state index in [0.717, 1.165) is 0 Å². The van der Waals surface area contributed by atoms with Crippen LogP contribution >= 0.6 is 0 Å². The molecule has 17 heavy (non-hydrogen) atoms. The third-order valence-corrected chi connectivity index (χ3v) is 5.49. The van der Waals surface area contributed by atoms with Gasteiger partial charge in [0.15, 0.2) is 0 Å². The van der Waals surface area contributed by atoms with E-state index in [-0.39, 0.29) is 20.4 Å². The minimum absolute atomic E-state index is 0.164. The Bertz CT molecular complexity index is 238. The van der Waals surface area contributed by atoms with E-state index >= 15 is 0 Å². The maximum absolute atomic E-state index is 2.50. The maximum atomic E-state index is 2.50. The molecule has 0 bridgehead atoms. The molecular formula is C16H28Te. The fourth-order valence-corrected chi connectivity index (χ4v) is 4.26. The first-order valence-electron chi connectivity index (χ1n) is 7.44. The topological polar surface area (TPSA) is 0 Å². The van der Waals surface area contributed by atoms with Crippen LogP contribution in [0.5, 0.6) is 0 Å². The Kier molecular flexibility index (Phi) is 10.2. The van der Waals surface area contributed by atoms with Gasteiger partial charge in [-0.15, -0.1) is 0 Å². The first kappa shape index (κ1) is 15.3. The van der Waals surface area contributed by atoms with Crippen LogP contribution in [0.4, 0.5) is 0 Å². The van der Waals surface area contributed by atoms with Gasteiger partial charge in [0.1, 0.15) is 0 Å². The second kappa shape index (κ2) is 11.4. The quantitative estimate of drug-likeness (QED) is 0.381. The van der Waals surface area contributed by atoms with Crippen molar-refractivity contribution in [2.75, 3.05) is 0 Å². The molecule has 1 aromatic rings. The molecule has 0 atom stereocenters. The Morgan fingerprint density at radius 1 is 0.824 bits per heavy atom. The third kappa shape index (κ3) is 8.92. The van der Waals surface area contributed by atoms with Crippen LogP contribution in [0.2, 0.25) is 0 Å². The van der Waals surface area contributed by atoms with E-state index in [2.05, 4.69) is 21.2 Å². The fraction of sp³-hybridized carbons (Fsp3) is 0.750. The van der Waals surface area contributed by atoms with Crippen LogP contribution in [0.15, 0.2) is 14.2 Å². The molecule has 0 fully saturated rings. The molecule has 0 aliphatic heterocycles. The molecule has 0 spiro atoms. The SMILES string of the molecule is CCCCCCCCCCCCc1cc[te]c1. The second-order valence-electron chi connectivity index (χ2n) is 5.06. The van der Waals surface area contributed by atoms with E-state index in [1.54, 1.807) is 5.56 Å². The Hall–Kier alpha value is 0.270. The Labute approximate surface area is 117 Å². The summed E-state index contributed by atoms with van der Waals surface area (Å²) in [5.74, 6) is 0. The summed E-state index contributed by atoms with van der Waals surface area (Å²) in [6.45, 7) is 2.29. The molecule has 1 rings (SSSR count). The van der Waals surface area contributed by atoms with Gasteiger partial charge in [-0.25, -0.2) is 0 Å². The van der Waals surface area contributed by atoms with Crippen molar-refractivity contribution in [2.24, 2.45) is 0 Å². The molecule has 0 nitrogen and oxygen atoms in total. The van der Waals surface area contributed by atoms with Crippen molar-refractivity contribution in [2.45, 2.75) is 77.6 Å².